The van der Waals surface area contributed by atoms with Gasteiger partial charge in [-0.25, -0.2) is 0 Å². The zero-order valence-corrected chi connectivity index (χ0v) is 16.2. The number of aromatic nitrogens is 1. The van der Waals surface area contributed by atoms with E-state index in [4.69, 9.17) is 11.6 Å². The number of nitrogens with zero attached hydrogens (tertiary/aromatic N) is 1. The van der Waals surface area contributed by atoms with E-state index in [1.54, 1.807) is 0 Å². The molecule has 0 bridgehead atoms. The molecule has 136 valence electrons. The molecule has 6 heteroatoms. The van der Waals surface area contributed by atoms with Crippen LogP contribution in [0, 0.1) is 19.8 Å². The van der Waals surface area contributed by atoms with Gasteiger partial charge in [0.25, 0.3) is 5.91 Å². The van der Waals surface area contributed by atoms with Crippen LogP contribution in [0.25, 0.3) is 5.69 Å². The van der Waals surface area contributed by atoms with Gasteiger partial charge in [0.05, 0.1) is 5.56 Å². The molecule has 3 rings (SSSR count). The molecule has 0 radical (unpaired) electrons. The SMILES string of the molecule is Cc1cc(C(=O)NCC2CCCNC2)c(C)n1-c1cccc(Cl)c1.Cl. The Hall–Kier alpha value is -1.49. The molecule has 1 aliphatic heterocycles. The first-order valence-corrected chi connectivity index (χ1v) is 8.88. The van der Waals surface area contributed by atoms with Gasteiger partial charge in [-0.15, -0.1) is 12.4 Å². The fraction of sp³-hybridized carbons (Fsp3) is 0.421. The highest BCUT2D eigenvalue weighted by Gasteiger charge is 2.19. The van der Waals surface area contributed by atoms with E-state index in [0.29, 0.717) is 10.9 Å². The summed E-state index contributed by atoms with van der Waals surface area (Å²) in [6.07, 6.45) is 2.36. The van der Waals surface area contributed by atoms with Gasteiger partial charge in [-0.2, -0.15) is 0 Å². The zero-order valence-electron chi connectivity index (χ0n) is 14.6. The average molecular weight is 382 g/mol. The third-order valence-corrected chi connectivity index (χ3v) is 4.93. The van der Waals surface area contributed by atoms with Gasteiger partial charge < -0.3 is 15.2 Å². The van der Waals surface area contributed by atoms with Crippen LogP contribution in [-0.4, -0.2) is 30.1 Å². The Morgan fingerprint density at radius 1 is 1.36 bits per heavy atom. The maximum absolute atomic E-state index is 12.6. The fourth-order valence-corrected chi connectivity index (χ4v) is 3.62. The van der Waals surface area contributed by atoms with E-state index >= 15 is 0 Å². The van der Waals surface area contributed by atoms with Crippen molar-refractivity contribution in [2.75, 3.05) is 19.6 Å². The number of piperidine rings is 1. The highest BCUT2D eigenvalue weighted by atomic mass is 35.5. The lowest BCUT2D eigenvalue weighted by Crippen LogP contribution is -2.38. The summed E-state index contributed by atoms with van der Waals surface area (Å²) in [5, 5.41) is 7.17. The Labute approximate surface area is 160 Å². The molecule has 25 heavy (non-hydrogen) atoms. The topological polar surface area (TPSA) is 46.1 Å². The number of carbonyl (C=O) groups is 1. The van der Waals surface area contributed by atoms with Crippen LogP contribution < -0.4 is 10.6 Å². The number of nitrogens with one attached hydrogen (secondary N) is 2. The number of aryl methyl sites for hydroxylation is 1. The predicted octanol–water partition coefficient (Wildman–Crippen LogP) is 3.90. The van der Waals surface area contributed by atoms with Crippen LogP contribution >= 0.6 is 24.0 Å². The Bertz CT molecular complexity index is 736. The van der Waals surface area contributed by atoms with Crippen LogP contribution in [0.3, 0.4) is 0 Å². The molecule has 2 N–H and O–H groups in total. The lowest BCUT2D eigenvalue weighted by Gasteiger charge is -2.22. The summed E-state index contributed by atoms with van der Waals surface area (Å²) in [7, 11) is 0. The van der Waals surface area contributed by atoms with Crippen molar-refractivity contribution in [1.82, 2.24) is 15.2 Å². The largest absolute Gasteiger partial charge is 0.352 e. The molecule has 1 saturated heterocycles. The summed E-state index contributed by atoms with van der Waals surface area (Å²) in [6, 6.07) is 9.64. The van der Waals surface area contributed by atoms with Gasteiger partial charge >= 0.3 is 0 Å². The quantitative estimate of drug-likeness (QED) is 0.843. The molecular weight excluding hydrogens is 357 g/mol. The summed E-state index contributed by atoms with van der Waals surface area (Å²) in [4.78, 5) is 12.6. The molecule has 1 atom stereocenters. The number of benzene rings is 1. The third-order valence-electron chi connectivity index (χ3n) is 4.69. The Morgan fingerprint density at radius 3 is 2.84 bits per heavy atom. The Morgan fingerprint density at radius 2 is 2.16 bits per heavy atom. The van der Waals surface area contributed by atoms with Gasteiger partial charge in [-0.05, 0) is 70.0 Å². The van der Waals surface area contributed by atoms with E-state index in [0.717, 1.165) is 42.3 Å². The summed E-state index contributed by atoms with van der Waals surface area (Å²) >= 11 is 6.11. The van der Waals surface area contributed by atoms with E-state index < -0.39 is 0 Å². The van der Waals surface area contributed by atoms with Crippen molar-refractivity contribution in [2.45, 2.75) is 26.7 Å². The molecule has 1 aliphatic rings. The normalized spacial score (nSPS) is 17.0. The molecule has 2 aromatic rings. The Balaban J connectivity index is 0.00000225. The second-order valence-corrected chi connectivity index (χ2v) is 6.96. The van der Waals surface area contributed by atoms with Crippen LogP contribution in [0.5, 0.6) is 0 Å². The third kappa shape index (κ3) is 4.57. The molecular formula is C19H25Cl2N3O. The van der Waals surface area contributed by atoms with Gasteiger partial charge in [-0.1, -0.05) is 17.7 Å². The predicted molar refractivity (Wildman–Crippen MR) is 105 cm³/mol. The molecule has 1 aromatic carbocycles. The lowest BCUT2D eigenvalue weighted by molar-refractivity contribution is 0.0944. The lowest BCUT2D eigenvalue weighted by atomic mass is 10.00. The molecule has 0 aliphatic carbocycles. The number of halogens is 2. The van der Waals surface area contributed by atoms with Crippen LogP contribution in [0.4, 0.5) is 0 Å². The summed E-state index contributed by atoms with van der Waals surface area (Å²) < 4.78 is 2.07. The van der Waals surface area contributed by atoms with Crippen molar-refractivity contribution < 1.29 is 4.79 Å². The first-order valence-electron chi connectivity index (χ1n) is 8.50. The molecule has 1 amide bonds. The van der Waals surface area contributed by atoms with E-state index in [-0.39, 0.29) is 18.3 Å². The van der Waals surface area contributed by atoms with Crippen molar-refractivity contribution in [1.29, 1.82) is 0 Å². The summed E-state index contributed by atoms with van der Waals surface area (Å²) in [6.45, 7) is 6.79. The number of rotatable bonds is 4. The number of carbonyl (C=O) groups excluding carboxylic acids is 1. The van der Waals surface area contributed by atoms with Crippen LogP contribution in [0.2, 0.25) is 5.02 Å². The highest BCUT2D eigenvalue weighted by molar-refractivity contribution is 6.30. The molecule has 0 saturated carbocycles. The van der Waals surface area contributed by atoms with Crippen LogP contribution in [0.1, 0.15) is 34.6 Å². The molecule has 1 unspecified atom stereocenters. The monoisotopic (exact) mass is 381 g/mol. The number of amides is 1. The first kappa shape index (κ1) is 19.8. The van der Waals surface area contributed by atoms with Gasteiger partial charge in [0.2, 0.25) is 0 Å². The van der Waals surface area contributed by atoms with Crippen molar-refractivity contribution in [3.63, 3.8) is 0 Å². The minimum atomic E-state index is 0. The minimum Gasteiger partial charge on any atom is -0.352 e. The van der Waals surface area contributed by atoms with Gasteiger partial charge in [-0.3, -0.25) is 4.79 Å². The fourth-order valence-electron chi connectivity index (χ4n) is 3.44. The van der Waals surface area contributed by atoms with Gasteiger partial charge in [0.15, 0.2) is 0 Å². The van der Waals surface area contributed by atoms with E-state index in [1.165, 1.54) is 12.8 Å². The first-order chi connectivity index (χ1) is 11.6. The standard InChI is InChI=1S/C19H24ClN3O.ClH/c1-13-9-18(19(24)22-12-15-5-4-8-21-11-15)14(2)23(13)17-7-3-6-16(20)10-17;/h3,6-7,9-10,15,21H,4-5,8,11-12H2,1-2H3,(H,22,24);1H. The molecule has 2 heterocycles. The van der Waals surface area contributed by atoms with Crippen molar-refractivity contribution >= 4 is 29.9 Å². The molecule has 0 spiro atoms. The molecule has 1 aromatic heterocycles. The minimum absolute atomic E-state index is 0. The average Bonchev–Trinajstić information content (AvgIpc) is 2.88. The molecule has 1 fully saturated rings. The second kappa shape index (κ2) is 8.75. The summed E-state index contributed by atoms with van der Waals surface area (Å²) in [5.74, 6) is 0.529. The maximum atomic E-state index is 12.6. The van der Waals surface area contributed by atoms with Crippen molar-refractivity contribution in [3.8, 4) is 5.69 Å². The smallest absolute Gasteiger partial charge is 0.253 e. The maximum Gasteiger partial charge on any atom is 0.253 e. The zero-order chi connectivity index (χ0) is 17.1. The summed E-state index contributed by atoms with van der Waals surface area (Å²) in [5.41, 5.74) is 3.68. The van der Waals surface area contributed by atoms with Crippen molar-refractivity contribution in [3.05, 3.63) is 52.3 Å². The second-order valence-electron chi connectivity index (χ2n) is 6.52. The highest BCUT2D eigenvalue weighted by Crippen LogP contribution is 2.23. The molecule has 4 nitrogen and oxygen atoms in total. The van der Waals surface area contributed by atoms with E-state index in [2.05, 4.69) is 15.2 Å². The number of hydrogen-bond donors (Lipinski definition) is 2. The van der Waals surface area contributed by atoms with Crippen molar-refractivity contribution in [2.24, 2.45) is 5.92 Å². The van der Waals surface area contributed by atoms with Gasteiger partial charge in [0.1, 0.15) is 0 Å². The number of hydrogen-bond acceptors (Lipinski definition) is 2. The van der Waals surface area contributed by atoms with E-state index in [1.807, 2.05) is 44.2 Å². The van der Waals surface area contributed by atoms with Crippen LogP contribution in [-0.2, 0) is 0 Å². The van der Waals surface area contributed by atoms with E-state index in [9.17, 15) is 4.79 Å². The van der Waals surface area contributed by atoms with Gasteiger partial charge in [0, 0.05) is 28.6 Å². The Kier molecular flexibility index (Phi) is 6.94. The van der Waals surface area contributed by atoms with Crippen LogP contribution in [0.15, 0.2) is 30.3 Å².